The van der Waals surface area contributed by atoms with Crippen LogP contribution in [0.5, 0.6) is 5.75 Å². The van der Waals surface area contributed by atoms with Gasteiger partial charge in [0.15, 0.2) is 17.5 Å². The number of carbonyl (C=O) groups excluding carboxylic acids is 2. The Morgan fingerprint density at radius 2 is 1.94 bits per heavy atom. The van der Waals surface area contributed by atoms with Crippen LogP contribution in [-0.2, 0) is 30.2 Å². The Kier molecular flexibility index (Phi) is 7.50. The first kappa shape index (κ1) is 23.7. The quantitative estimate of drug-likeness (QED) is 0.598. The number of hydrogen-bond acceptors (Lipinski definition) is 8. The van der Waals surface area contributed by atoms with E-state index in [1.165, 1.54) is 18.2 Å². The second kappa shape index (κ2) is 10.1. The molecule has 0 spiro atoms. The number of fused-ring (bicyclic) bond motifs is 1. The zero-order valence-corrected chi connectivity index (χ0v) is 19.1. The average molecular weight is 447 g/mol. The molecule has 0 amide bonds. The number of pyridine rings is 1. The lowest BCUT2D eigenvalue weighted by Crippen LogP contribution is -2.54. The predicted octanol–water partition coefficient (Wildman–Crippen LogP) is 2.52. The summed E-state index contributed by atoms with van der Waals surface area (Å²) in [5.41, 5.74) is 0.807. The van der Waals surface area contributed by atoms with E-state index in [1.807, 2.05) is 20.8 Å². The topological polar surface area (TPSA) is 105 Å². The third-order valence-corrected chi connectivity index (χ3v) is 5.79. The molecule has 2 aromatic rings. The van der Waals surface area contributed by atoms with Gasteiger partial charge in [0, 0.05) is 37.7 Å². The maximum atomic E-state index is 12.8. The Morgan fingerprint density at radius 3 is 2.59 bits per heavy atom. The standard InChI is InChI=1S/C23H30N2O7/c1-6-8-17-11-24-21-18(9-7-10-25(21)22(17)28)31-23-20(30-16(5)27)14(3)13(2)19(32-23)12-29-15(4)26/h7,9-11,13-14,19-20,23H,6,8,12H2,1-5H3/t13-,14-,19?,20?,23+/m0/s1. The lowest BCUT2D eigenvalue weighted by Gasteiger charge is -2.43. The predicted molar refractivity (Wildman–Crippen MR) is 115 cm³/mol. The molecular formula is C23H30N2O7. The van der Waals surface area contributed by atoms with E-state index in [0.717, 1.165) is 6.42 Å². The number of nitrogens with zero attached hydrogens (tertiary/aromatic N) is 2. The van der Waals surface area contributed by atoms with Gasteiger partial charge in [-0.05, 0) is 24.5 Å². The molecule has 0 saturated carbocycles. The minimum Gasteiger partial charge on any atom is -0.463 e. The molecule has 1 fully saturated rings. The second-order valence-electron chi connectivity index (χ2n) is 8.16. The third-order valence-electron chi connectivity index (χ3n) is 5.79. The highest BCUT2D eigenvalue weighted by Gasteiger charge is 2.45. The van der Waals surface area contributed by atoms with Crippen LogP contribution in [-0.4, -0.2) is 46.4 Å². The highest BCUT2D eigenvalue weighted by molar-refractivity contribution is 5.66. The van der Waals surface area contributed by atoms with Crippen LogP contribution in [0.2, 0.25) is 0 Å². The Balaban J connectivity index is 1.94. The number of aromatic nitrogens is 2. The van der Waals surface area contributed by atoms with E-state index in [4.69, 9.17) is 18.9 Å². The van der Waals surface area contributed by atoms with Gasteiger partial charge in [0.05, 0.1) is 6.10 Å². The van der Waals surface area contributed by atoms with Crippen LogP contribution in [0.3, 0.4) is 0 Å². The summed E-state index contributed by atoms with van der Waals surface area (Å²) in [5.74, 6) is -0.749. The van der Waals surface area contributed by atoms with Crippen molar-refractivity contribution in [3.63, 3.8) is 0 Å². The summed E-state index contributed by atoms with van der Waals surface area (Å²) in [6.07, 6.45) is 2.55. The molecule has 1 aliphatic heterocycles. The fourth-order valence-electron chi connectivity index (χ4n) is 3.88. The van der Waals surface area contributed by atoms with E-state index in [9.17, 15) is 14.4 Å². The number of rotatable bonds is 7. The number of hydrogen-bond donors (Lipinski definition) is 0. The van der Waals surface area contributed by atoms with Crippen LogP contribution in [0.25, 0.3) is 5.65 Å². The minimum atomic E-state index is -0.968. The van der Waals surface area contributed by atoms with Gasteiger partial charge in [-0.15, -0.1) is 0 Å². The maximum Gasteiger partial charge on any atom is 0.303 e. The molecule has 174 valence electrons. The van der Waals surface area contributed by atoms with Crippen molar-refractivity contribution in [2.75, 3.05) is 6.61 Å². The van der Waals surface area contributed by atoms with E-state index in [0.29, 0.717) is 23.4 Å². The summed E-state index contributed by atoms with van der Waals surface area (Å²) in [4.78, 5) is 40.3. The van der Waals surface area contributed by atoms with Crippen molar-refractivity contribution in [3.8, 4) is 5.75 Å². The molecule has 1 saturated heterocycles. The second-order valence-corrected chi connectivity index (χ2v) is 8.16. The fourth-order valence-corrected chi connectivity index (χ4v) is 3.88. The molecule has 9 nitrogen and oxygen atoms in total. The van der Waals surface area contributed by atoms with Gasteiger partial charge in [-0.3, -0.25) is 18.8 Å². The van der Waals surface area contributed by atoms with Crippen LogP contribution in [0.4, 0.5) is 0 Å². The smallest absolute Gasteiger partial charge is 0.303 e. The van der Waals surface area contributed by atoms with Gasteiger partial charge in [-0.2, -0.15) is 0 Å². The van der Waals surface area contributed by atoms with Gasteiger partial charge in [0.1, 0.15) is 6.61 Å². The van der Waals surface area contributed by atoms with Gasteiger partial charge >= 0.3 is 11.9 Å². The molecule has 3 rings (SSSR count). The Hall–Kier alpha value is -2.94. The molecule has 5 atom stereocenters. The number of esters is 2. The van der Waals surface area contributed by atoms with Crippen LogP contribution < -0.4 is 10.3 Å². The van der Waals surface area contributed by atoms with Crippen molar-refractivity contribution in [1.82, 2.24) is 9.38 Å². The first-order valence-electron chi connectivity index (χ1n) is 10.8. The Bertz CT molecular complexity index is 1030. The van der Waals surface area contributed by atoms with E-state index < -0.39 is 30.4 Å². The molecule has 0 aromatic carbocycles. The van der Waals surface area contributed by atoms with Crippen LogP contribution in [0.15, 0.2) is 29.3 Å². The van der Waals surface area contributed by atoms with Crippen LogP contribution >= 0.6 is 0 Å². The van der Waals surface area contributed by atoms with Gasteiger partial charge in [0.2, 0.25) is 6.29 Å². The van der Waals surface area contributed by atoms with Crippen molar-refractivity contribution in [2.45, 2.75) is 66.0 Å². The summed E-state index contributed by atoms with van der Waals surface area (Å²) >= 11 is 0. The molecule has 1 aliphatic rings. The summed E-state index contributed by atoms with van der Waals surface area (Å²) in [6.45, 7) is 8.59. The van der Waals surface area contributed by atoms with Gasteiger partial charge in [-0.25, -0.2) is 4.98 Å². The molecule has 0 bridgehead atoms. The normalized spacial score (nSPS) is 25.3. The molecule has 0 radical (unpaired) electrons. The summed E-state index contributed by atoms with van der Waals surface area (Å²) in [6, 6.07) is 3.37. The summed E-state index contributed by atoms with van der Waals surface area (Å²) < 4.78 is 24.3. The Labute approximate surface area is 186 Å². The zero-order valence-electron chi connectivity index (χ0n) is 19.1. The van der Waals surface area contributed by atoms with Gasteiger partial charge < -0.3 is 18.9 Å². The van der Waals surface area contributed by atoms with Gasteiger partial charge in [0.25, 0.3) is 5.56 Å². The minimum absolute atomic E-state index is 0.0567. The maximum absolute atomic E-state index is 12.8. The summed E-state index contributed by atoms with van der Waals surface area (Å²) in [7, 11) is 0. The molecule has 9 heteroatoms. The molecule has 2 unspecified atom stereocenters. The van der Waals surface area contributed by atoms with Crippen molar-refractivity contribution in [2.24, 2.45) is 11.8 Å². The van der Waals surface area contributed by atoms with E-state index in [-0.39, 0.29) is 24.0 Å². The lowest BCUT2D eigenvalue weighted by atomic mass is 9.83. The van der Waals surface area contributed by atoms with E-state index in [2.05, 4.69) is 4.98 Å². The average Bonchev–Trinajstić information content (AvgIpc) is 2.74. The molecular weight excluding hydrogens is 416 g/mol. The van der Waals surface area contributed by atoms with Crippen molar-refractivity contribution in [1.29, 1.82) is 0 Å². The summed E-state index contributed by atoms with van der Waals surface area (Å²) in [5, 5.41) is 0. The van der Waals surface area contributed by atoms with Crippen LogP contribution in [0, 0.1) is 11.8 Å². The lowest BCUT2D eigenvalue weighted by molar-refractivity contribution is -0.253. The highest BCUT2D eigenvalue weighted by Crippen LogP contribution is 2.34. The first-order chi connectivity index (χ1) is 15.2. The fraction of sp³-hybridized carbons (Fsp3) is 0.565. The monoisotopic (exact) mass is 446 g/mol. The third kappa shape index (κ3) is 5.09. The van der Waals surface area contributed by atoms with Crippen LogP contribution in [0.1, 0.15) is 46.6 Å². The first-order valence-corrected chi connectivity index (χ1v) is 10.8. The molecule has 0 aliphatic carbocycles. The van der Waals surface area contributed by atoms with E-state index in [1.54, 1.807) is 24.5 Å². The number of carbonyl (C=O) groups is 2. The molecule has 0 N–H and O–H groups in total. The van der Waals surface area contributed by atoms with Crippen molar-refractivity contribution >= 4 is 17.6 Å². The number of aryl methyl sites for hydroxylation is 1. The molecule has 32 heavy (non-hydrogen) atoms. The highest BCUT2D eigenvalue weighted by atomic mass is 16.7. The van der Waals surface area contributed by atoms with E-state index >= 15 is 0 Å². The Morgan fingerprint density at radius 1 is 1.19 bits per heavy atom. The largest absolute Gasteiger partial charge is 0.463 e. The van der Waals surface area contributed by atoms with Crippen molar-refractivity contribution < 1.29 is 28.5 Å². The van der Waals surface area contributed by atoms with Gasteiger partial charge in [-0.1, -0.05) is 27.2 Å². The van der Waals surface area contributed by atoms with Crippen molar-refractivity contribution in [3.05, 3.63) is 40.4 Å². The molecule has 3 heterocycles. The zero-order chi connectivity index (χ0) is 23.4. The SMILES string of the molecule is CCCc1cnc2c(O[C@@H]3OC(COC(C)=O)[C@@H](C)[C@H](C)C3OC(C)=O)cccn2c1=O. The number of ether oxygens (including phenoxy) is 4. The molecule has 2 aromatic heterocycles.